The van der Waals surface area contributed by atoms with E-state index in [1.165, 1.54) is 18.2 Å². The molecule has 1 atom stereocenters. The Hall–Kier alpha value is -3.50. The van der Waals surface area contributed by atoms with E-state index < -0.39 is 6.03 Å². The number of anilines is 2. The Bertz CT molecular complexity index is 1100. The SMILES string of the molecule is COc1cc(C(=O)N[C@@H]2CCN(Cc3cccs3)C2)ccc1NC(=O)Nc1cnc(C)cn1. The number of ether oxygens (including phenoxy) is 1. The van der Waals surface area contributed by atoms with Crippen LogP contribution in [0.2, 0.25) is 0 Å². The molecule has 3 aromatic rings. The highest BCUT2D eigenvalue weighted by molar-refractivity contribution is 7.09. The summed E-state index contributed by atoms with van der Waals surface area (Å²) in [5.41, 5.74) is 1.66. The summed E-state index contributed by atoms with van der Waals surface area (Å²) >= 11 is 1.75. The van der Waals surface area contributed by atoms with Crippen LogP contribution in [0.25, 0.3) is 0 Å². The van der Waals surface area contributed by atoms with Gasteiger partial charge in [-0.2, -0.15) is 0 Å². The molecule has 1 fully saturated rings. The van der Waals surface area contributed by atoms with Gasteiger partial charge in [0.25, 0.3) is 5.91 Å². The van der Waals surface area contributed by atoms with Crippen molar-refractivity contribution in [1.29, 1.82) is 0 Å². The van der Waals surface area contributed by atoms with Crippen LogP contribution in [-0.4, -0.2) is 53.0 Å². The van der Waals surface area contributed by atoms with E-state index in [0.717, 1.165) is 31.7 Å². The quantitative estimate of drug-likeness (QED) is 0.492. The Morgan fingerprint density at radius 3 is 2.82 bits per heavy atom. The number of hydrogen-bond acceptors (Lipinski definition) is 7. The van der Waals surface area contributed by atoms with Crippen molar-refractivity contribution in [1.82, 2.24) is 20.2 Å². The molecule has 2 aromatic heterocycles. The van der Waals surface area contributed by atoms with E-state index in [4.69, 9.17) is 4.74 Å². The van der Waals surface area contributed by atoms with Crippen molar-refractivity contribution < 1.29 is 14.3 Å². The van der Waals surface area contributed by atoms with Gasteiger partial charge in [0.1, 0.15) is 5.75 Å². The monoisotopic (exact) mass is 466 g/mol. The number of nitrogens with one attached hydrogen (secondary N) is 3. The number of carbonyl (C=O) groups is 2. The fourth-order valence-electron chi connectivity index (χ4n) is 3.65. The number of hydrogen-bond donors (Lipinski definition) is 3. The van der Waals surface area contributed by atoms with Crippen LogP contribution in [0.15, 0.2) is 48.1 Å². The Morgan fingerprint density at radius 2 is 2.09 bits per heavy atom. The summed E-state index contributed by atoms with van der Waals surface area (Å²) in [5, 5.41) is 10.5. The smallest absolute Gasteiger partial charge is 0.324 e. The zero-order valence-electron chi connectivity index (χ0n) is 18.5. The number of benzene rings is 1. The number of carbonyl (C=O) groups excluding carboxylic acids is 2. The Morgan fingerprint density at radius 1 is 1.21 bits per heavy atom. The molecule has 4 rings (SSSR count). The van der Waals surface area contributed by atoms with Crippen molar-refractivity contribution in [3.8, 4) is 5.75 Å². The van der Waals surface area contributed by atoms with E-state index in [0.29, 0.717) is 22.8 Å². The molecule has 172 valence electrons. The molecule has 1 aliphatic heterocycles. The highest BCUT2D eigenvalue weighted by Crippen LogP contribution is 2.26. The maximum Gasteiger partial charge on any atom is 0.324 e. The average molecular weight is 467 g/mol. The number of rotatable bonds is 7. The molecule has 10 heteroatoms. The van der Waals surface area contributed by atoms with Crippen molar-refractivity contribution in [3.05, 3.63) is 64.2 Å². The molecule has 0 spiro atoms. The number of thiophene rings is 1. The van der Waals surface area contributed by atoms with Gasteiger partial charge in [-0.3, -0.25) is 20.0 Å². The Labute approximate surface area is 196 Å². The third-order valence-corrected chi connectivity index (χ3v) is 6.16. The van der Waals surface area contributed by atoms with E-state index in [9.17, 15) is 9.59 Å². The summed E-state index contributed by atoms with van der Waals surface area (Å²) in [6.45, 7) is 4.50. The van der Waals surface area contributed by atoms with Crippen molar-refractivity contribution in [3.63, 3.8) is 0 Å². The molecule has 1 aromatic carbocycles. The molecule has 33 heavy (non-hydrogen) atoms. The lowest BCUT2D eigenvalue weighted by molar-refractivity contribution is 0.0937. The second kappa shape index (κ2) is 10.4. The van der Waals surface area contributed by atoms with Crippen LogP contribution in [0.4, 0.5) is 16.3 Å². The van der Waals surface area contributed by atoms with E-state index in [1.807, 2.05) is 6.92 Å². The number of urea groups is 1. The molecule has 1 saturated heterocycles. The largest absolute Gasteiger partial charge is 0.495 e. The molecule has 0 saturated carbocycles. The lowest BCUT2D eigenvalue weighted by atomic mass is 10.1. The first-order valence-electron chi connectivity index (χ1n) is 10.6. The maximum absolute atomic E-state index is 12.8. The van der Waals surface area contributed by atoms with Crippen LogP contribution in [0.3, 0.4) is 0 Å². The van der Waals surface area contributed by atoms with Crippen molar-refractivity contribution in [2.24, 2.45) is 0 Å². The molecule has 3 amide bonds. The molecular weight excluding hydrogens is 440 g/mol. The van der Waals surface area contributed by atoms with Crippen LogP contribution in [-0.2, 0) is 6.54 Å². The zero-order valence-corrected chi connectivity index (χ0v) is 19.3. The summed E-state index contributed by atoms with van der Waals surface area (Å²) < 4.78 is 5.39. The average Bonchev–Trinajstić information content (AvgIpc) is 3.48. The zero-order chi connectivity index (χ0) is 23.2. The summed E-state index contributed by atoms with van der Waals surface area (Å²) in [7, 11) is 1.49. The lowest BCUT2D eigenvalue weighted by Gasteiger charge is -2.16. The molecule has 0 aliphatic carbocycles. The van der Waals surface area contributed by atoms with Gasteiger partial charge in [-0.1, -0.05) is 6.07 Å². The van der Waals surface area contributed by atoms with Gasteiger partial charge in [-0.05, 0) is 43.0 Å². The summed E-state index contributed by atoms with van der Waals surface area (Å²) in [6, 6.07) is 8.73. The summed E-state index contributed by atoms with van der Waals surface area (Å²) in [5.74, 6) is 0.554. The van der Waals surface area contributed by atoms with Gasteiger partial charge in [-0.25, -0.2) is 9.78 Å². The molecule has 1 aliphatic rings. The minimum Gasteiger partial charge on any atom is -0.495 e. The van der Waals surface area contributed by atoms with Crippen molar-refractivity contribution in [2.75, 3.05) is 30.8 Å². The predicted molar refractivity (Wildman–Crippen MR) is 128 cm³/mol. The fourth-order valence-corrected chi connectivity index (χ4v) is 4.39. The highest BCUT2D eigenvalue weighted by atomic mass is 32.1. The first-order chi connectivity index (χ1) is 16.0. The van der Waals surface area contributed by atoms with Gasteiger partial charge < -0.3 is 15.4 Å². The minimum absolute atomic E-state index is 0.0997. The lowest BCUT2D eigenvalue weighted by Crippen LogP contribution is -2.37. The first-order valence-corrected chi connectivity index (χ1v) is 11.5. The van der Waals surface area contributed by atoms with Crippen LogP contribution >= 0.6 is 11.3 Å². The fraction of sp³-hybridized carbons (Fsp3) is 0.304. The van der Waals surface area contributed by atoms with Crippen LogP contribution < -0.4 is 20.7 Å². The second-order valence-electron chi connectivity index (χ2n) is 7.81. The van der Waals surface area contributed by atoms with Gasteiger partial charge in [0.15, 0.2) is 5.82 Å². The van der Waals surface area contributed by atoms with E-state index >= 15 is 0 Å². The third-order valence-electron chi connectivity index (χ3n) is 5.30. The molecule has 0 unspecified atom stereocenters. The van der Waals surface area contributed by atoms with Crippen molar-refractivity contribution in [2.45, 2.75) is 25.9 Å². The van der Waals surface area contributed by atoms with Gasteiger partial charge in [0.05, 0.1) is 30.9 Å². The number of nitrogens with zero attached hydrogens (tertiary/aromatic N) is 3. The minimum atomic E-state index is -0.486. The van der Waals surface area contributed by atoms with Gasteiger partial charge in [0, 0.05) is 36.1 Å². The molecule has 9 nitrogen and oxygen atoms in total. The maximum atomic E-state index is 12.8. The van der Waals surface area contributed by atoms with E-state index in [-0.39, 0.29) is 11.9 Å². The normalized spacial score (nSPS) is 15.8. The number of aromatic nitrogens is 2. The molecule has 0 bridgehead atoms. The van der Waals surface area contributed by atoms with E-state index in [2.05, 4.69) is 48.3 Å². The van der Waals surface area contributed by atoms with Crippen LogP contribution in [0.1, 0.15) is 27.3 Å². The topological polar surface area (TPSA) is 108 Å². The first kappa shape index (κ1) is 22.7. The van der Waals surface area contributed by atoms with Crippen LogP contribution in [0, 0.1) is 6.92 Å². The summed E-state index contributed by atoms with van der Waals surface area (Å²) in [6.07, 6.45) is 3.95. The van der Waals surface area contributed by atoms with E-state index in [1.54, 1.807) is 35.7 Å². The number of amides is 3. The second-order valence-corrected chi connectivity index (χ2v) is 8.84. The molecular formula is C23H26N6O3S. The van der Waals surface area contributed by atoms with Gasteiger partial charge in [-0.15, -0.1) is 11.3 Å². The Balaban J connectivity index is 1.33. The predicted octanol–water partition coefficient (Wildman–Crippen LogP) is 3.50. The molecule has 0 radical (unpaired) electrons. The van der Waals surface area contributed by atoms with Gasteiger partial charge in [0.2, 0.25) is 0 Å². The van der Waals surface area contributed by atoms with Crippen LogP contribution in [0.5, 0.6) is 5.75 Å². The number of aryl methyl sites for hydroxylation is 1. The van der Waals surface area contributed by atoms with Gasteiger partial charge >= 0.3 is 6.03 Å². The highest BCUT2D eigenvalue weighted by Gasteiger charge is 2.25. The third kappa shape index (κ3) is 6.05. The molecule has 3 heterocycles. The number of methoxy groups -OCH3 is 1. The van der Waals surface area contributed by atoms with Crippen molar-refractivity contribution >= 4 is 34.8 Å². The Kier molecular flexibility index (Phi) is 7.16. The molecule has 3 N–H and O–H groups in total. The summed E-state index contributed by atoms with van der Waals surface area (Å²) in [4.78, 5) is 37.0. The standard InChI is InChI=1S/C23H26N6O3S/c1-15-11-25-21(12-24-15)28-23(31)27-19-6-5-16(10-20(19)32-2)22(30)26-17-7-8-29(13-17)14-18-4-3-9-33-18/h3-6,9-12,17H,7-8,13-14H2,1-2H3,(H,26,30)(H2,25,27,28,31)/t17-/m1/s1. The number of likely N-dealkylation sites (tertiary alicyclic amines) is 1.